The first-order valence-electron chi connectivity index (χ1n) is 8.74. The third-order valence-corrected chi connectivity index (χ3v) is 4.19. The van der Waals surface area contributed by atoms with Gasteiger partial charge in [0.25, 0.3) is 0 Å². The summed E-state index contributed by atoms with van der Waals surface area (Å²) < 4.78 is 16.9. The van der Waals surface area contributed by atoms with Gasteiger partial charge in [0.05, 0.1) is 25.5 Å². The molecule has 1 unspecified atom stereocenters. The van der Waals surface area contributed by atoms with Gasteiger partial charge < -0.3 is 24.5 Å². The first kappa shape index (κ1) is 21.4. The lowest BCUT2D eigenvalue weighted by Gasteiger charge is -2.23. The van der Waals surface area contributed by atoms with Crippen molar-refractivity contribution in [3.05, 3.63) is 42.4 Å². The van der Waals surface area contributed by atoms with E-state index in [2.05, 4.69) is 20.5 Å². The summed E-state index contributed by atoms with van der Waals surface area (Å²) >= 11 is 0. The first-order valence-corrected chi connectivity index (χ1v) is 8.74. The van der Waals surface area contributed by atoms with Gasteiger partial charge in [0.1, 0.15) is 5.76 Å². The number of halogens is 1. The minimum atomic E-state index is 0. The van der Waals surface area contributed by atoms with Crippen LogP contribution in [0.3, 0.4) is 0 Å². The molecule has 0 radical (unpaired) electrons. The third kappa shape index (κ3) is 5.77. The van der Waals surface area contributed by atoms with E-state index in [1.807, 2.05) is 44.4 Å². The van der Waals surface area contributed by atoms with Crippen LogP contribution in [-0.2, 0) is 0 Å². The molecule has 27 heavy (non-hydrogen) atoms. The Kier molecular flexibility index (Phi) is 8.23. The molecule has 0 spiro atoms. The molecule has 0 bridgehead atoms. The fourth-order valence-corrected chi connectivity index (χ4v) is 2.77. The Morgan fingerprint density at radius 3 is 2.63 bits per heavy atom. The van der Waals surface area contributed by atoms with Crippen LogP contribution in [0.2, 0.25) is 0 Å². The number of benzene rings is 1. The SMILES string of the molecule is CN=C(NCC(c1ccco1)N(C)C)Nc1ccc2c(c1)OCCCO2.I. The van der Waals surface area contributed by atoms with E-state index in [-0.39, 0.29) is 30.0 Å². The standard InChI is InChI=1S/C19H26N4O3.HI/c1-20-19(21-13-15(23(2)3)16-6-4-9-24-16)22-14-7-8-17-18(12-14)26-11-5-10-25-17;/h4,6-9,12,15H,5,10-11,13H2,1-3H3,(H2,20,21,22);1H. The van der Waals surface area contributed by atoms with Crippen LogP contribution in [0.15, 0.2) is 46.0 Å². The smallest absolute Gasteiger partial charge is 0.195 e. The van der Waals surface area contributed by atoms with Crippen LogP contribution in [0.4, 0.5) is 5.69 Å². The fourth-order valence-electron chi connectivity index (χ4n) is 2.77. The molecule has 0 saturated heterocycles. The molecule has 1 aliphatic heterocycles. The van der Waals surface area contributed by atoms with Crippen molar-refractivity contribution in [2.45, 2.75) is 12.5 Å². The van der Waals surface area contributed by atoms with Crippen molar-refractivity contribution in [3.8, 4) is 11.5 Å². The average molecular weight is 486 g/mol. The molecule has 1 aromatic heterocycles. The summed E-state index contributed by atoms with van der Waals surface area (Å²) in [4.78, 5) is 6.40. The van der Waals surface area contributed by atoms with Gasteiger partial charge in [0, 0.05) is 31.8 Å². The van der Waals surface area contributed by atoms with Gasteiger partial charge in [0.2, 0.25) is 0 Å². The number of rotatable bonds is 5. The Balaban J connectivity index is 0.00000261. The predicted molar refractivity (Wildman–Crippen MR) is 118 cm³/mol. The van der Waals surface area contributed by atoms with Gasteiger partial charge in [-0.15, -0.1) is 24.0 Å². The molecule has 8 heteroatoms. The Hall–Kier alpha value is -1.94. The van der Waals surface area contributed by atoms with E-state index in [1.165, 1.54) is 0 Å². The molecule has 2 aromatic rings. The van der Waals surface area contributed by atoms with Crippen molar-refractivity contribution in [2.24, 2.45) is 4.99 Å². The summed E-state index contributed by atoms with van der Waals surface area (Å²) in [5, 5.41) is 6.64. The van der Waals surface area contributed by atoms with Crippen LogP contribution in [0.5, 0.6) is 11.5 Å². The van der Waals surface area contributed by atoms with Crippen LogP contribution in [0, 0.1) is 0 Å². The zero-order valence-electron chi connectivity index (χ0n) is 15.9. The van der Waals surface area contributed by atoms with Crippen LogP contribution < -0.4 is 20.1 Å². The number of nitrogens with zero attached hydrogens (tertiary/aromatic N) is 2. The summed E-state index contributed by atoms with van der Waals surface area (Å²) in [6.07, 6.45) is 2.58. The van der Waals surface area contributed by atoms with Gasteiger partial charge in [0.15, 0.2) is 17.5 Å². The highest BCUT2D eigenvalue weighted by molar-refractivity contribution is 14.0. The third-order valence-electron chi connectivity index (χ3n) is 4.19. The van der Waals surface area contributed by atoms with E-state index in [4.69, 9.17) is 13.9 Å². The Labute approximate surface area is 177 Å². The second-order valence-electron chi connectivity index (χ2n) is 6.28. The molecule has 7 nitrogen and oxygen atoms in total. The largest absolute Gasteiger partial charge is 0.490 e. The number of guanidine groups is 1. The van der Waals surface area contributed by atoms with Crippen LogP contribution in [0.25, 0.3) is 0 Å². The van der Waals surface area contributed by atoms with E-state index in [0.29, 0.717) is 25.7 Å². The molecular weight excluding hydrogens is 459 g/mol. The average Bonchev–Trinajstić information content (AvgIpc) is 3.05. The molecule has 0 saturated carbocycles. The highest BCUT2D eigenvalue weighted by Gasteiger charge is 2.17. The van der Waals surface area contributed by atoms with E-state index in [1.54, 1.807) is 13.3 Å². The maximum absolute atomic E-state index is 5.74. The minimum absolute atomic E-state index is 0. The zero-order chi connectivity index (χ0) is 18.4. The van der Waals surface area contributed by atoms with E-state index in [9.17, 15) is 0 Å². The van der Waals surface area contributed by atoms with E-state index < -0.39 is 0 Å². The van der Waals surface area contributed by atoms with Crippen LogP contribution in [-0.4, -0.2) is 51.8 Å². The number of hydrogen-bond acceptors (Lipinski definition) is 5. The molecule has 1 aromatic carbocycles. The molecule has 2 heterocycles. The monoisotopic (exact) mass is 486 g/mol. The number of anilines is 1. The number of fused-ring (bicyclic) bond motifs is 1. The number of nitrogens with one attached hydrogen (secondary N) is 2. The lowest BCUT2D eigenvalue weighted by atomic mass is 10.2. The second-order valence-corrected chi connectivity index (χ2v) is 6.28. The lowest BCUT2D eigenvalue weighted by molar-refractivity contribution is 0.258. The van der Waals surface area contributed by atoms with Gasteiger partial charge in [-0.05, 0) is 38.4 Å². The van der Waals surface area contributed by atoms with Crippen LogP contribution in [0.1, 0.15) is 18.2 Å². The number of hydrogen-bond donors (Lipinski definition) is 2. The summed E-state index contributed by atoms with van der Waals surface area (Å²) in [5.74, 6) is 3.12. The molecule has 0 fully saturated rings. The van der Waals surface area contributed by atoms with Gasteiger partial charge in [-0.1, -0.05) is 0 Å². The Bertz CT molecular complexity index is 735. The normalized spacial score (nSPS) is 14.9. The number of ether oxygens (including phenoxy) is 2. The minimum Gasteiger partial charge on any atom is -0.490 e. The van der Waals surface area contributed by atoms with Gasteiger partial charge >= 0.3 is 0 Å². The van der Waals surface area contributed by atoms with Crippen molar-refractivity contribution in [1.82, 2.24) is 10.2 Å². The van der Waals surface area contributed by atoms with E-state index >= 15 is 0 Å². The van der Waals surface area contributed by atoms with Crippen molar-refractivity contribution in [3.63, 3.8) is 0 Å². The highest BCUT2D eigenvalue weighted by atomic mass is 127. The van der Waals surface area contributed by atoms with E-state index in [0.717, 1.165) is 29.4 Å². The predicted octanol–water partition coefficient (Wildman–Crippen LogP) is 3.35. The maximum Gasteiger partial charge on any atom is 0.195 e. The fraction of sp³-hybridized carbons (Fsp3) is 0.421. The molecule has 3 rings (SSSR count). The first-order chi connectivity index (χ1) is 12.7. The topological polar surface area (TPSA) is 71.3 Å². The van der Waals surface area contributed by atoms with Gasteiger partial charge in [-0.3, -0.25) is 9.89 Å². The molecule has 1 aliphatic rings. The maximum atomic E-state index is 5.74. The number of furan rings is 1. The number of likely N-dealkylation sites (N-methyl/N-ethyl adjacent to an activating group) is 1. The summed E-state index contributed by atoms with van der Waals surface area (Å²) in [5.41, 5.74) is 0.891. The van der Waals surface area contributed by atoms with Gasteiger partial charge in [-0.25, -0.2) is 0 Å². The van der Waals surface area contributed by atoms with Gasteiger partial charge in [-0.2, -0.15) is 0 Å². The quantitative estimate of drug-likeness (QED) is 0.384. The van der Waals surface area contributed by atoms with Crippen LogP contribution >= 0.6 is 24.0 Å². The zero-order valence-corrected chi connectivity index (χ0v) is 18.2. The molecule has 0 aliphatic carbocycles. The number of aliphatic imine (C=N–C) groups is 1. The molecular formula is C19H27IN4O3. The molecule has 0 amide bonds. The Morgan fingerprint density at radius 2 is 1.96 bits per heavy atom. The summed E-state index contributed by atoms with van der Waals surface area (Å²) in [6.45, 7) is 2.00. The highest BCUT2D eigenvalue weighted by Crippen LogP contribution is 2.32. The van der Waals surface area contributed by atoms with Crippen molar-refractivity contribution in [2.75, 3.05) is 46.2 Å². The summed E-state index contributed by atoms with van der Waals surface area (Å²) in [6, 6.07) is 9.79. The van der Waals surface area contributed by atoms with Crippen molar-refractivity contribution in [1.29, 1.82) is 0 Å². The molecule has 1 atom stereocenters. The lowest BCUT2D eigenvalue weighted by Crippen LogP contribution is -2.37. The van der Waals surface area contributed by atoms with Crippen molar-refractivity contribution >= 4 is 35.6 Å². The Morgan fingerprint density at radius 1 is 1.19 bits per heavy atom. The van der Waals surface area contributed by atoms with Crippen molar-refractivity contribution < 1.29 is 13.9 Å². The summed E-state index contributed by atoms with van der Waals surface area (Å²) in [7, 11) is 5.79. The second kappa shape index (κ2) is 10.4. The molecule has 148 valence electrons. The molecule has 2 N–H and O–H groups in total.